The van der Waals surface area contributed by atoms with Crippen molar-refractivity contribution < 1.29 is 14.3 Å². The molecule has 0 fully saturated rings. The van der Waals surface area contributed by atoms with Gasteiger partial charge in [0.25, 0.3) is 0 Å². The number of carbonyl (C=O) groups excluding carboxylic acids is 2. The summed E-state index contributed by atoms with van der Waals surface area (Å²) in [5.41, 5.74) is 2.20. The Bertz CT molecular complexity index is 911. The zero-order valence-corrected chi connectivity index (χ0v) is 19.1. The highest BCUT2D eigenvalue weighted by Gasteiger charge is 2.33. The number of rotatable bonds is 9. The van der Waals surface area contributed by atoms with Crippen LogP contribution < -0.4 is 10.1 Å². The minimum absolute atomic E-state index is 0.0158. The standard InChI is InChI=1S/C24H31N3O3S/c1-4-12-25-24(29)26(13-5-2)16-23(28)27-14-10-22-19(11-15-31-22)20(27)17-30-21-9-7-6-8-18(21)3/h5-9,11,15,20H,2,4,10,12-14,16-17H2,1,3H3,(H,25,29)/t20-/m0/s1. The molecule has 0 saturated carbocycles. The minimum Gasteiger partial charge on any atom is -0.491 e. The zero-order chi connectivity index (χ0) is 22.2. The summed E-state index contributed by atoms with van der Waals surface area (Å²) >= 11 is 1.72. The molecule has 1 N–H and O–H groups in total. The second kappa shape index (κ2) is 11.0. The fourth-order valence-electron chi connectivity index (χ4n) is 3.73. The van der Waals surface area contributed by atoms with Crippen molar-refractivity contribution in [3.63, 3.8) is 0 Å². The van der Waals surface area contributed by atoms with Gasteiger partial charge in [0, 0.05) is 24.5 Å². The van der Waals surface area contributed by atoms with Crippen LogP contribution in [0.3, 0.4) is 0 Å². The summed E-state index contributed by atoms with van der Waals surface area (Å²) < 4.78 is 6.14. The van der Waals surface area contributed by atoms with Crippen LogP contribution in [0.4, 0.5) is 4.79 Å². The number of hydrogen-bond donors (Lipinski definition) is 1. The lowest BCUT2D eigenvalue weighted by atomic mass is 10.0. The van der Waals surface area contributed by atoms with Crippen molar-refractivity contribution in [1.29, 1.82) is 0 Å². The Morgan fingerprint density at radius 1 is 1.35 bits per heavy atom. The van der Waals surface area contributed by atoms with Crippen LogP contribution in [0.1, 0.15) is 35.4 Å². The summed E-state index contributed by atoms with van der Waals surface area (Å²) in [6, 6.07) is 9.56. The van der Waals surface area contributed by atoms with E-state index >= 15 is 0 Å². The van der Waals surface area contributed by atoms with Gasteiger partial charge in [-0.1, -0.05) is 31.2 Å². The lowest BCUT2D eigenvalue weighted by molar-refractivity contribution is -0.135. The van der Waals surface area contributed by atoms with E-state index in [4.69, 9.17) is 4.74 Å². The van der Waals surface area contributed by atoms with Gasteiger partial charge in [0.1, 0.15) is 18.9 Å². The summed E-state index contributed by atoms with van der Waals surface area (Å²) in [6.07, 6.45) is 3.31. The first-order valence-electron chi connectivity index (χ1n) is 10.7. The molecule has 1 aliphatic heterocycles. The van der Waals surface area contributed by atoms with E-state index in [2.05, 4.69) is 23.3 Å². The predicted molar refractivity (Wildman–Crippen MR) is 125 cm³/mol. The fourth-order valence-corrected chi connectivity index (χ4v) is 4.66. The van der Waals surface area contributed by atoms with Crippen LogP contribution in [0.2, 0.25) is 0 Å². The summed E-state index contributed by atoms with van der Waals surface area (Å²) in [4.78, 5) is 30.4. The van der Waals surface area contributed by atoms with E-state index in [0.717, 1.165) is 29.7 Å². The van der Waals surface area contributed by atoms with Gasteiger partial charge in [0.15, 0.2) is 0 Å². The van der Waals surface area contributed by atoms with Gasteiger partial charge in [0.05, 0.1) is 6.04 Å². The van der Waals surface area contributed by atoms with Crippen LogP contribution >= 0.6 is 11.3 Å². The Labute approximate surface area is 188 Å². The Morgan fingerprint density at radius 3 is 2.90 bits per heavy atom. The molecule has 1 aromatic carbocycles. The molecule has 3 rings (SSSR count). The average molecular weight is 442 g/mol. The maximum absolute atomic E-state index is 13.3. The maximum atomic E-state index is 13.3. The lowest BCUT2D eigenvalue weighted by Crippen LogP contribution is -2.50. The first kappa shape index (κ1) is 22.9. The molecule has 1 aromatic heterocycles. The largest absolute Gasteiger partial charge is 0.491 e. The number of para-hydroxylation sites is 1. The summed E-state index contributed by atoms with van der Waals surface area (Å²) in [5.74, 6) is 0.744. The molecule has 0 bridgehead atoms. The van der Waals surface area contributed by atoms with Gasteiger partial charge >= 0.3 is 6.03 Å². The summed E-state index contributed by atoms with van der Waals surface area (Å²) in [5, 5.41) is 4.92. The Morgan fingerprint density at radius 2 is 2.16 bits per heavy atom. The molecule has 0 radical (unpaired) electrons. The van der Waals surface area contributed by atoms with Gasteiger partial charge in [0.2, 0.25) is 5.91 Å². The van der Waals surface area contributed by atoms with Crippen molar-refractivity contribution in [2.45, 2.75) is 32.7 Å². The Kier molecular flexibility index (Phi) is 8.12. The topological polar surface area (TPSA) is 61.9 Å². The molecular formula is C24H31N3O3S. The molecule has 0 unspecified atom stereocenters. The number of carbonyl (C=O) groups is 2. The third kappa shape index (κ3) is 5.67. The van der Waals surface area contributed by atoms with Gasteiger partial charge in [-0.3, -0.25) is 4.79 Å². The molecule has 0 spiro atoms. The van der Waals surface area contributed by atoms with Crippen molar-refractivity contribution in [3.8, 4) is 5.75 Å². The number of thiophene rings is 1. The first-order valence-corrected chi connectivity index (χ1v) is 11.6. The number of hydrogen-bond acceptors (Lipinski definition) is 4. The monoisotopic (exact) mass is 441 g/mol. The molecule has 6 nitrogen and oxygen atoms in total. The molecule has 0 aliphatic carbocycles. The first-order chi connectivity index (χ1) is 15.0. The van der Waals surface area contributed by atoms with Crippen LogP contribution in [0.25, 0.3) is 0 Å². The van der Waals surface area contributed by atoms with Gasteiger partial charge in [-0.2, -0.15) is 0 Å². The molecular weight excluding hydrogens is 410 g/mol. The molecule has 31 heavy (non-hydrogen) atoms. The number of urea groups is 1. The van der Waals surface area contributed by atoms with Crippen molar-refractivity contribution in [2.24, 2.45) is 0 Å². The molecule has 3 amide bonds. The molecule has 2 heterocycles. The smallest absolute Gasteiger partial charge is 0.318 e. The predicted octanol–water partition coefficient (Wildman–Crippen LogP) is 4.17. The highest BCUT2D eigenvalue weighted by molar-refractivity contribution is 7.10. The highest BCUT2D eigenvalue weighted by Crippen LogP contribution is 2.34. The van der Waals surface area contributed by atoms with E-state index < -0.39 is 0 Å². The van der Waals surface area contributed by atoms with Crippen molar-refractivity contribution in [3.05, 3.63) is 64.4 Å². The molecule has 7 heteroatoms. The summed E-state index contributed by atoms with van der Waals surface area (Å²) in [6.45, 7) is 9.65. The average Bonchev–Trinajstić information content (AvgIpc) is 3.25. The van der Waals surface area contributed by atoms with Crippen LogP contribution in [0.15, 0.2) is 48.4 Å². The minimum atomic E-state index is -0.240. The number of aryl methyl sites for hydroxylation is 1. The zero-order valence-electron chi connectivity index (χ0n) is 18.3. The number of benzene rings is 1. The number of amides is 3. The second-order valence-corrected chi connectivity index (χ2v) is 8.63. The molecule has 166 valence electrons. The van der Waals surface area contributed by atoms with E-state index in [9.17, 15) is 9.59 Å². The van der Waals surface area contributed by atoms with Gasteiger partial charge in [-0.15, -0.1) is 17.9 Å². The van der Waals surface area contributed by atoms with Gasteiger partial charge in [-0.05, 0) is 48.4 Å². The van der Waals surface area contributed by atoms with Crippen molar-refractivity contribution in [1.82, 2.24) is 15.1 Å². The number of fused-ring (bicyclic) bond motifs is 1. The van der Waals surface area contributed by atoms with Crippen molar-refractivity contribution in [2.75, 3.05) is 32.8 Å². The van der Waals surface area contributed by atoms with Crippen LogP contribution in [0.5, 0.6) is 5.75 Å². The third-order valence-electron chi connectivity index (χ3n) is 5.39. The summed E-state index contributed by atoms with van der Waals surface area (Å²) in [7, 11) is 0. The quantitative estimate of drug-likeness (QED) is 0.594. The molecule has 0 saturated heterocycles. The highest BCUT2D eigenvalue weighted by atomic mass is 32.1. The lowest BCUT2D eigenvalue weighted by Gasteiger charge is -2.37. The van der Waals surface area contributed by atoms with E-state index in [1.165, 1.54) is 9.78 Å². The fraction of sp³-hybridized carbons (Fsp3) is 0.417. The Hall–Kier alpha value is -2.80. The van der Waals surface area contributed by atoms with Crippen molar-refractivity contribution >= 4 is 23.3 Å². The van der Waals surface area contributed by atoms with E-state index in [1.54, 1.807) is 17.4 Å². The molecule has 1 atom stereocenters. The van der Waals surface area contributed by atoms with Gasteiger partial charge < -0.3 is 19.9 Å². The van der Waals surface area contributed by atoms with Crippen LogP contribution in [0, 0.1) is 6.92 Å². The SMILES string of the molecule is C=CCN(CC(=O)N1CCc2sccc2[C@@H]1COc1ccccc1C)C(=O)NCCC. The second-order valence-electron chi connectivity index (χ2n) is 7.63. The normalized spacial score (nSPS) is 15.2. The number of ether oxygens (including phenoxy) is 1. The number of nitrogens with one attached hydrogen (secondary N) is 1. The number of nitrogens with zero attached hydrogens (tertiary/aromatic N) is 2. The van der Waals surface area contributed by atoms with E-state index in [0.29, 0.717) is 26.2 Å². The maximum Gasteiger partial charge on any atom is 0.318 e. The van der Waals surface area contributed by atoms with Crippen LogP contribution in [-0.2, 0) is 11.2 Å². The third-order valence-corrected chi connectivity index (χ3v) is 6.39. The molecule has 2 aromatic rings. The van der Waals surface area contributed by atoms with E-state index in [-0.39, 0.29) is 24.5 Å². The van der Waals surface area contributed by atoms with E-state index in [1.807, 2.05) is 43.0 Å². The van der Waals surface area contributed by atoms with Crippen LogP contribution in [-0.4, -0.2) is 54.5 Å². The van der Waals surface area contributed by atoms with Gasteiger partial charge in [-0.25, -0.2) is 4.79 Å². The Balaban J connectivity index is 1.75. The molecule has 1 aliphatic rings.